The summed E-state index contributed by atoms with van der Waals surface area (Å²) in [6.45, 7) is 3.94. The standard InChI is InChI=1S/C10H13NO3/c1-4-14-10(12)8-5-9(13-3)11-6-7(8)2/h5-6H,4H2,1-3H3. The predicted octanol–water partition coefficient (Wildman–Crippen LogP) is 1.58. The molecule has 1 heterocycles. The molecule has 0 fully saturated rings. The van der Waals surface area contributed by atoms with Crippen LogP contribution in [0.5, 0.6) is 5.88 Å². The molecule has 0 saturated heterocycles. The van der Waals surface area contributed by atoms with Crippen molar-refractivity contribution in [2.75, 3.05) is 13.7 Å². The first kappa shape index (κ1) is 10.5. The molecule has 0 amide bonds. The van der Waals surface area contributed by atoms with Crippen LogP contribution in [0.2, 0.25) is 0 Å². The quantitative estimate of drug-likeness (QED) is 0.687. The maximum Gasteiger partial charge on any atom is 0.338 e. The molecule has 76 valence electrons. The lowest BCUT2D eigenvalue weighted by atomic mass is 10.1. The summed E-state index contributed by atoms with van der Waals surface area (Å²) in [4.78, 5) is 15.4. The molecular weight excluding hydrogens is 182 g/mol. The van der Waals surface area contributed by atoms with E-state index >= 15 is 0 Å². The molecule has 1 rings (SSSR count). The van der Waals surface area contributed by atoms with Crippen molar-refractivity contribution in [3.63, 3.8) is 0 Å². The number of aromatic nitrogens is 1. The third-order valence-corrected chi connectivity index (χ3v) is 1.78. The highest BCUT2D eigenvalue weighted by Crippen LogP contribution is 2.14. The van der Waals surface area contributed by atoms with Crippen molar-refractivity contribution in [2.45, 2.75) is 13.8 Å². The minimum Gasteiger partial charge on any atom is -0.481 e. The average Bonchev–Trinajstić information content (AvgIpc) is 2.19. The Labute approximate surface area is 82.9 Å². The van der Waals surface area contributed by atoms with E-state index in [0.717, 1.165) is 5.56 Å². The largest absolute Gasteiger partial charge is 0.481 e. The van der Waals surface area contributed by atoms with Gasteiger partial charge in [-0.2, -0.15) is 0 Å². The van der Waals surface area contributed by atoms with E-state index in [1.54, 1.807) is 26.1 Å². The van der Waals surface area contributed by atoms with Gasteiger partial charge in [-0.15, -0.1) is 0 Å². The fourth-order valence-electron chi connectivity index (χ4n) is 1.04. The Kier molecular flexibility index (Phi) is 3.45. The van der Waals surface area contributed by atoms with E-state index in [0.29, 0.717) is 18.1 Å². The van der Waals surface area contributed by atoms with Crippen LogP contribution in [0.25, 0.3) is 0 Å². The van der Waals surface area contributed by atoms with Gasteiger partial charge in [0.15, 0.2) is 0 Å². The van der Waals surface area contributed by atoms with E-state index in [9.17, 15) is 4.79 Å². The van der Waals surface area contributed by atoms with Crippen LogP contribution in [0.4, 0.5) is 0 Å². The summed E-state index contributed by atoms with van der Waals surface area (Å²) < 4.78 is 9.81. The Bertz CT molecular complexity index is 336. The second-order valence-corrected chi connectivity index (χ2v) is 2.76. The molecule has 4 heteroatoms. The number of carbonyl (C=O) groups is 1. The zero-order valence-corrected chi connectivity index (χ0v) is 8.53. The normalized spacial score (nSPS) is 9.64. The number of aryl methyl sites for hydroxylation is 1. The first-order valence-corrected chi connectivity index (χ1v) is 4.36. The summed E-state index contributed by atoms with van der Waals surface area (Å²) in [6, 6.07) is 1.58. The fourth-order valence-corrected chi connectivity index (χ4v) is 1.04. The maximum absolute atomic E-state index is 11.4. The molecule has 0 unspecified atom stereocenters. The number of carbonyl (C=O) groups excluding carboxylic acids is 1. The molecule has 0 bridgehead atoms. The van der Waals surface area contributed by atoms with Gasteiger partial charge in [0.1, 0.15) is 0 Å². The van der Waals surface area contributed by atoms with E-state index in [2.05, 4.69) is 4.98 Å². The van der Waals surface area contributed by atoms with Crippen LogP contribution in [0.1, 0.15) is 22.8 Å². The Hall–Kier alpha value is -1.58. The number of esters is 1. The monoisotopic (exact) mass is 195 g/mol. The number of nitrogens with zero attached hydrogens (tertiary/aromatic N) is 1. The molecule has 0 aromatic carbocycles. The molecule has 0 aliphatic rings. The van der Waals surface area contributed by atoms with Gasteiger partial charge in [-0.05, 0) is 19.4 Å². The molecular formula is C10H13NO3. The number of hydrogen-bond acceptors (Lipinski definition) is 4. The lowest BCUT2D eigenvalue weighted by Gasteiger charge is -2.06. The lowest BCUT2D eigenvalue weighted by Crippen LogP contribution is -2.07. The van der Waals surface area contributed by atoms with Crippen molar-refractivity contribution in [1.82, 2.24) is 4.98 Å². The summed E-state index contributed by atoms with van der Waals surface area (Å²) in [6.07, 6.45) is 1.59. The molecule has 0 spiro atoms. The third-order valence-electron chi connectivity index (χ3n) is 1.78. The minimum absolute atomic E-state index is 0.342. The van der Waals surface area contributed by atoms with Gasteiger partial charge in [0.05, 0.1) is 19.3 Å². The van der Waals surface area contributed by atoms with Gasteiger partial charge in [-0.1, -0.05) is 0 Å². The van der Waals surface area contributed by atoms with Gasteiger partial charge in [-0.3, -0.25) is 0 Å². The molecule has 0 atom stereocenters. The summed E-state index contributed by atoms with van der Waals surface area (Å²) in [5, 5.41) is 0. The van der Waals surface area contributed by atoms with Crippen LogP contribution >= 0.6 is 0 Å². The zero-order chi connectivity index (χ0) is 10.6. The molecule has 14 heavy (non-hydrogen) atoms. The number of hydrogen-bond donors (Lipinski definition) is 0. The van der Waals surface area contributed by atoms with E-state index in [-0.39, 0.29) is 5.97 Å². The van der Waals surface area contributed by atoms with Crippen LogP contribution in [0.3, 0.4) is 0 Å². The van der Waals surface area contributed by atoms with Crippen molar-refractivity contribution in [1.29, 1.82) is 0 Å². The van der Waals surface area contributed by atoms with Crippen molar-refractivity contribution in [3.8, 4) is 5.88 Å². The highest BCUT2D eigenvalue weighted by Gasteiger charge is 2.11. The van der Waals surface area contributed by atoms with Crippen molar-refractivity contribution >= 4 is 5.97 Å². The van der Waals surface area contributed by atoms with E-state index in [4.69, 9.17) is 9.47 Å². The molecule has 1 aromatic heterocycles. The Morgan fingerprint density at radius 2 is 2.29 bits per heavy atom. The van der Waals surface area contributed by atoms with Crippen LogP contribution < -0.4 is 4.74 Å². The van der Waals surface area contributed by atoms with Crippen molar-refractivity contribution in [3.05, 3.63) is 23.4 Å². The van der Waals surface area contributed by atoms with Crippen molar-refractivity contribution < 1.29 is 14.3 Å². The number of pyridine rings is 1. The fraction of sp³-hybridized carbons (Fsp3) is 0.400. The zero-order valence-electron chi connectivity index (χ0n) is 8.53. The van der Waals surface area contributed by atoms with Gasteiger partial charge in [0, 0.05) is 12.3 Å². The van der Waals surface area contributed by atoms with E-state index in [1.807, 2.05) is 0 Å². The number of rotatable bonds is 3. The first-order valence-electron chi connectivity index (χ1n) is 4.36. The topological polar surface area (TPSA) is 48.4 Å². The summed E-state index contributed by atoms with van der Waals surface area (Å²) in [5.74, 6) is 0.0735. The Morgan fingerprint density at radius 1 is 1.57 bits per heavy atom. The Morgan fingerprint density at radius 3 is 2.86 bits per heavy atom. The van der Waals surface area contributed by atoms with Gasteiger partial charge < -0.3 is 9.47 Å². The first-order chi connectivity index (χ1) is 6.69. The van der Waals surface area contributed by atoms with Gasteiger partial charge in [0.25, 0.3) is 0 Å². The molecule has 0 aliphatic heterocycles. The van der Waals surface area contributed by atoms with Crippen molar-refractivity contribution in [2.24, 2.45) is 0 Å². The highest BCUT2D eigenvalue weighted by atomic mass is 16.5. The molecule has 0 saturated carbocycles. The van der Waals surface area contributed by atoms with E-state index in [1.165, 1.54) is 7.11 Å². The van der Waals surface area contributed by atoms with Crippen LogP contribution in [0, 0.1) is 6.92 Å². The van der Waals surface area contributed by atoms with E-state index < -0.39 is 0 Å². The summed E-state index contributed by atoms with van der Waals surface area (Å²) in [5.41, 5.74) is 1.28. The minimum atomic E-state index is -0.342. The van der Waals surface area contributed by atoms with Crippen LogP contribution in [-0.2, 0) is 4.74 Å². The second-order valence-electron chi connectivity index (χ2n) is 2.76. The lowest BCUT2D eigenvalue weighted by molar-refractivity contribution is 0.0525. The number of ether oxygens (including phenoxy) is 2. The van der Waals surface area contributed by atoms with Gasteiger partial charge in [-0.25, -0.2) is 9.78 Å². The average molecular weight is 195 g/mol. The molecule has 4 nitrogen and oxygen atoms in total. The van der Waals surface area contributed by atoms with Gasteiger partial charge in [0.2, 0.25) is 5.88 Å². The molecule has 0 radical (unpaired) electrons. The summed E-state index contributed by atoms with van der Waals surface area (Å²) >= 11 is 0. The molecule has 0 N–H and O–H groups in total. The highest BCUT2D eigenvalue weighted by molar-refractivity contribution is 5.91. The predicted molar refractivity (Wildman–Crippen MR) is 51.5 cm³/mol. The summed E-state index contributed by atoms with van der Waals surface area (Å²) in [7, 11) is 1.51. The smallest absolute Gasteiger partial charge is 0.338 e. The van der Waals surface area contributed by atoms with Crippen LogP contribution in [0.15, 0.2) is 12.3 Å². The molecule has 1 aromatic rings. The van der Waals surface area contributed by atoms with Gasteiger partial charge >= 0.3 is 5.97 Å². The second kappa shape index (κ2) is 4.60. The van der Waals surface area contributed by atoms with Crippen LogP contribution in [-0.4, -0.2) is 24.7 Å². The SMILES string of the molecule is CCOC(=O)c1cc(OC)ncc1C. The molecule has 0 aliphatic carbocycles. The third kappa shape index (κ3) is 2.22. The number of methoxy groups -OCH3 is 1. The maximum atomic E-state index is 11.4. The Balaban J connectivity index is 2.99.